The molecule has 1 fully saturated rings. The van der Waals surface area contributed by atoms with E-state index in [1.807, 2.05) is 13.0 Å². The molecule has 3 nitrogen and oxygen atoms in total. The summed E-state index contributed by atoms with van der Waals surface area (Å²) in [4.78, 5) is 0. The summed E-state index contributed by atoms with van der Waals surface area (Å²) in [5, 5.41) is 3.64. The molecule has 0 radical (unpaired) electrons. The first kappa shape index (κ1) is 12.7. The SMILES string of the molecule is Cc1ccc(C(C)NC2CC(C)OC(C)C2)o1. The van der Waals surface area contributed by atoms with Crippen molar-refractivity contribution in [3.8, 4) is 0 Å². The summed E-state index contributed by atoms with van der Waals surface area (Å²) in [6.45, 7) is 8.43. The first-order chi connectivity index (χ1) is 8.04. The molecule has 1 saturated heterocycles. The monoisotopic (exact) mass is 237 g/mol. The van der Waals surface area contributed by atoms with Gasteiger partial charge in [-0.1, -0.05) is 0 Å². The molecule has 0 saturated carbocycles. The molecule has 17 heavy (non-hydrogen) atoms. The molecule has 1 N–H and O–H groups in total. The summed E-state index contributed by atoms with van der Waals surface area (Å²) in [5.74, 6) is 2.00. The van der Waals surface area contributed by atoms with Crippen LogP contribution in [0.25, 0.3) is 0 Å². The van der Waals surface area contributed by atoms with E-state index in [0.29, 0.717) is 18.2 Å². The maximum Gasteiger partial charge on any atom is 0.120 e. The largest absolute Gasteiger partial charge is 0.465 e. The smallest absolute Gasteiger partial charge is 0.120 e. The third kappa shape index (κ3) is 3.33. The lowest BCUT2D eigenvalue weighted by Crippen LogP contribution is -2.42. The van der Waals surface area contributed by atoms with E-state index in [0.717, 1.165) is 24.4 Å². The first-order valence-corrected chi connectivity index (χ1v) is 6.52. The van der Waals surface area contributed by atoms with Crippen molar-refractivity contribution in [3.63, 3.8) is 0 Å². The van der Waals surface area contributed by atoms with Crippen LogP contribution in [-0.4, -0.2) is 18.2 Å². The van der Waals surface area contributed by atoms with Gasteiger partial charge in [0.25, 0.3) is 0 Å². The molecule has 0 bridgehead atoms. The molecule has 0 amide bonds. The summed E-state index contributed by atoms with van der Waals surface area (Å²) < 4.78 is 11.4. The summed E-state index contributed by atoms with van der Waals surface area (Å²) in [6.07, 6.45) is 2.85. The van der Waals surface area contributed by atoms with Crippen molar-refractivity contribution in [3.05, 3.63) is 23.7 Å². The Hall–Kier alpha value is -0.800. The number of rotatable bonds is 3. The molecule has 1 aromatic heterocycles. The zero-order chi connectivity index (χ0) is 12.4. The lowest BCUT2D eigenvalue weighted by molar-refractivity contribution is -0.0436. The molecule has 3 heteroatoms. The van der Waals surface area contributed by atoms with Crippen LogP contribution in [0.4, 0.5) is 0 Å². The topological polar surface area (TPSA) is 34.4 Å². The highest BCUT2D eigenvalue weighted by atomic mass is 16.5. The van der Waals surface area contributed by atoms with Crippen LogP contribution in [0.15, 0.2) is 16.5 Å². The number of ether oxygens (including phenoxy) is 1. The fourth-order valence-corrected chi connectivity index (χ4v) is 2.66. The Balaban J connectivity index is 1.92. The van der Waals surface area contributed by atoms with Crippen LogP contribution in [-0.2, 0) is 4.74 Å². The Morgan fingerprint density at radius 2 is 1.88 bits per heavy atom. The molecule has 0 spiro atoms. The highest BCUT2D eigenvalue weighted by Gasteiger charge is 2.26. The molecular weight excluding hydrogens is 214 g/mol. The van der Waals surface area contributed by atoms with Crippen LogP contribution in [0.5, 0.6) is 0 Å². The first-order valence-electron chi connectivity index (χ1n) is 6.52. The predicted molar refractivity (Wildman–Crippen MR) is 68.0 cm³/mol. The van der Waals surface area contributed by atoms with Crippen LogP contribution in [0.3, 0.4) is 0 Å². The van der Waals surface area contributed by atoms with E-state index < -0.39 is 0 Å². The van der Waals surface area contributed by atoms with Gasteiger partial charge >= 0.3 is 0 Å². The second-order valence-corrected chi connectivity index (χ2v) is 5.26. The fourth-order valence-electron chi connectivity index (χ4n) is 2.66. The predicted octanol–water partition coefficient (Wildman–Crippen LogP) is 3.19. The number of aryl methyl sites for hydroxylation is 1. The van der Waals surface area contributed by atoms with Crippen molar-refractivity contribution in [1.29, 1.82) is 0 Å². The van der Waals surface area contributed by atoms with Gasteiger partial charge in [0, 0.05) is 6.04 Å². The standard InChI is InChI=1S/C14H23NO2/c1-9-5-6-14(17-9)12(4)15-13-7-10(2)16-11(3)8-13/h5-6,10-13,15H,7-8H2,1-4H3. The molecule has 96 valence electrons. The van der Waals surface area contributed by atoms with E-state index in [4.69, 9.17) is 9.15 Å². The Morgan fingerprint density at radius 1 is 1.24 bits per heavy atom. The second kappa shape index (κ2) is 5.23. The Bertz CT molecular complexity index is 351. The van der Waals surface area contributed by atoms with Crippen molar-refractivity contribution in [2.75, 3.05) is 0 Å². The van der Waals surface area contributed by atoms with Gasteiger partial charge in [0.05, 0.1) is 18.2 Å². The van der Waals surface area contributed by atoms with Gasteiger partial charge in [0.15, 0.2) is 0 Å². The summed E-state index contributed by atoms with van der Waals surface area (Å²) in [6, 6.07) is 4.86. The van der Waals surface area contributed by atoms with Gasteiger partial charge in [-0.25, -0.2) is 0 Å². The van der Waals surface area contributed by atoms with Crippen molar-refractivity contribution < 1.29 is 9.15 Å². The average Bonchev–Trinajstić information content (AvgIpc) is 2.63. The normalized spacial score (nSPS) is 31.4. The number of hydrogen-bond acceptors (Lipinski definition) is 3. The van der Waals surface area contributed by atoms with Gasteiger partial charge in [-0.15, -0.1) is 0 Å². The summed E-state index contributed by atoms with van der Waals surface area (Å²) >= 11 is 0. The van der Waals surface area contributed by atoms with Crippen molar-refractivity contribution in [1.82, 2.24) is 5.32 Å². The maximum atomic E-state index is 5.74. The molecule has 3 atom stereocenters. The number of furan rings is 1. The molecule has 0 aromatic carbocycles. The minimum absolute atomic E-state index is 0.270. The van der Waals surface area contributed by atoms with Crippen LogP contribution >= 0.6 is 0 Å². The van der Waals surface area contributed by atoms with E-state index in [1.54, 1.807) is 0 Å². The van der Waals surface area contributed by atoms with Crippen LogP contribution in [0, 0.1) is 6.92 Å². The lowest BCUT2D eigenvalue weighted by atomic mass is 9.99. The van der Waals surface area contributed by atoms with Crippen molar-refractivity contribution >= 4 is 0 Å². The van der Waals surface area contributed by atoms with Crippen molar-refractivity contribution in [2.24, 2.45) is 0 Å². The third-order valence-corrected chi connectivity index (χ3v) is 3.37. The number of nitrogens with one attached hydrogen (secondary N) is 1. The lowest BCUT2D eigenvalue weighted by Gasteiger charge is -2.34. The molecule has 1 aliphatic rings. The molecular formula is C14H23NO2. The Labute approximate surface area is 104 Å². The van der Waals surface area contributed by atoms with Gasteiger partial charge in [-0.2, -0.15) is 0 Å². The Kier molecular flexibility index (Phi) is 3.89. The van der Waals surface area contributed by atoms with E-state index >= 15 is 0 Å². The molecule has 3 unspecified atom stereocenters. The van der Waals surface area contributed by atoms with E-state index in [9.17, 15) is 0 Å². The van der Waals surface area contributed by atoms with E-state index in [1.165, 1.54) is 0 Å². The molecule has 1 aromatic rings. The second-order valence-electron chi connectivity index (χ2n) is 5.26. The number of hydrogen-bond donors (Lipinski definition) is 1. The van der Waals surface area contributed by atoms with Crippen LogP contribution < -0.4 is 5.32 Å². The highest BCUT2D eigenvalue weighted by molar-refractivity contribution is 5.09. The van der Waals surface area contributed by atoms with E-state index in [2.05, 4.69) is 32.2 Å². The zero-order valence-corrected chi connectivity index (χ0v) is 11.2. The zero-order valence-electron chi connectivity index (χ0n) is 11.2. The van der Waals surface area contributed by atoms with Crippen molar-refractivity contribution in [2.45, 2.75) is 64.8 Å². The van der Waals surface area contributed by atoms with Crippen LogP contribution in [0.2, 0.25) is 0 Å². The summed E-state index contributed by atoms with van der Waals surface area (Å²) in [7, 11) is 0. The quantitative estimate of drug-likeness (QED) is 0.876. The molecule has 1 aliphatic heterocycles. The van der Waals surface area contributed by atoms with Gasteiger partial charge in [-0.3, -0.25) is 0 Å². The Morgan fingerprint density at radius 3 is 2.41 bits per heavy atom. The third-order valence-electron chi connectivity index (χ3n) is 3.37. The molecule has 2 heterocycles. The summed E-state index contributed by atoms with van der Waals surface area (Å²) in [5.41, 5.74) is 0. The highest BCUT2D eigenvalue weighted by Crippen LogP contribution is 2.23. The van der Waals surface area contributed by atoms with Gasteiger partial charge in [-0.05, 0) is 52.7 Å². The van der Waals surface area contributed by atoms with Gasteiger partial charge in [0.2, 0.25) is 0 Å². The van der Waals surface area contributed by atoms with E-state index in [-0.39, 0.29) is 6.04 Å². The van der Waals surface area contributed by atoms with Crippen LogP contribution in [0.1, 0.15) is 51.2 Å². The minimum atomic E-state index is 0.270. The molecule has 0 aliphatic carbocycles. The maximum absolute atomic E-state index is 5.74. The molecule has 2 rings (SSSR count). The minimum Gasteiger partial charge on any atom is -0.465 e. The van der Waals surface area contributed by atoms with Gasteiger partial charge in [0.1, 0.15) is 11.5 Å². The van der Waals surface area contributed by atoms with Gasteiger partial charge < -0.3 is 14.5 Å². The average molecular weight is 237 g/mol. The fraction of sp³-hybridized carbons (Fsp3) is 0.714.